The summed E-state index contributed by atoms with van der Waals surface area (Å²) in [6.45, 7) is 14.4. The summed E-state index contributed by atoms with van der Waals surface area (Å²) in [5.74, 6) is -3.25. The quantitative estimate of drug-likeness (QED) is 0.158. The molecule has 216 valence electrons. The van der Waals surface area contributed by atoms with Crippen molar-refractivity contribution in [1.82, 2.24) is 0 Å². The smallest absolute Gasteiger partial charge is 0.414 e. The Balaban J connectivity index is 0.00000215. The summed E-state index contributed by atoms with van der Waals surface area (Å²) in [4.78, 5) is 32.6. The molecule has 0 saturated carbocycles. The lowest BCUT2D eigenvalue weighted by Crippen LogP contribution is -2.25. The number of hydrogen-bond acceptors (Lipinski definition) is 6. The van der Waals surface area contributed by atoms with Gasteiger partial charge in [0, 0.05) is 13.1 Å². The molecule has 0 saturated heterocycles. The van der Waals surface area contributed by atoms with E-state index in [4.69, 9.17) is 29.3 Å². The summed E-state index contributed by atoms with van der Waals surface area (Å²) in [7, 11) is 3.07. The number of carboxylic acid groups (broad SMARTS) is 2. The van der Waals surface area contributed by atoms with Crippen molar-refractivity contribution in [2.45, 2.75) is 67.2 Å². The van der Waals surface area contributed by atoms with Gasteiger partial charge in [-0.05, 0) is 85.4 Å². The van der Waals surface area contributed by atoms with Crippen molar-refractivity contribution in [1.29, 1.82) is 0 Å². The van der Waals surface area contributed by atoms with E-state index in [0.29, 0.717) is 5.56 Å². The second kappa shape index (κ2) is 19.3. The molecule has 0 unspecified atom stereocenters. The van der Waals surface area contributed by atoms with E-state index in [1.807, 2.05) is 12.1 Å². The van der Waals surface area contributed by atoms with Gasteiger partial charge in [-0.1, -0.05) is 46.6 Å². The standard InChI is InChI=1S/C29H43NO3.C2H2O4/c1-22(2)11-9-13-24(5)17-19-30(20-18-25(6)14-10-12-23(3)4)27-21-26(29(31)33-8)15-16-28(27)32-7;3-1(4)2(5)6/h11-12,15-18,21H,9-10,13-14,19-20H2,1-8H3;(H,3,4)(H,5,6)/b24-17+,25-18+;. The maximum atomic E-state index is 12.2. The maximum Gasteiger partial charge on any atom is 0.414 e. The van der Waals surface area contributed by atoms with Gasteiger partial charge in [-0.15, -0.1) is 0 Å². The number of aliphatic carboxylic acids is 2. The van der Waals surface area contributed by atoms with E-state index in [1.165, 1.54) is 29.4 Å². The number of rotatable bonds is 13. The summed E-state index contributed by atoms with van der Waals surface area (Å²) in [5.41, 5.74) is 6.81. The average Bonchev–Trinajstić information content (AvgIpc) is 2.87. The number of benzene rings is 1. The number of hydrogen-bond donors (Lipinski definition) is 2. The minimum absolute atomic E-state index is 0.347. The summed E-state index contributed by atoms with van der Waals surface area (Å²) < 4.78 is 10.6. The van der Waals surface area contributed by atoms with Crippen LogP contribution in [0.25, 0.3) is 0 Å². The van der Waals surface area contributed by atoms with Crippen LogP contribution >= 0.6 is 0 Å². The molecule has 0 spiro atoms. The van der Waals surface area contributed by atoms with Crippen molar-refractivity contribution in [3.8, 4) is 5.75 Å². The van der Waals surface area contributed by atoms with Crippen LogP contribution in [0.4, 0.5) is 5.69 Å². The molecule has 0 aromatic heterocycles. The van der Waals surface area contributed by atoms with Gasteiger partial charge >= 0.3 is 17.9 Å². The molecule has 0 aliphatic rings. The van der Waals surface area contributed by atoms with E-state index >= 15 is 0 Å². The maximum absolute atomic E-state index is 12.2. The topological polar surface area (TPSA) is 113 Å². The molecule has 1 aromatic carbocycles. The Labute approximate surface area is 233 Å². The van der Waals surface area contributed by atoms with Crippen LogP contribution in [0, 0.1) is 0 Å². The Hall–Kier alpha value is -3.81. The van der Waals surface area contributed by atoms with E-state index in [-0.39, 0.29) is 5.97 Å². The number of carbonyl (C=O) groups excluding carboxylic acids is 1. The van der Waals surface area contributed by atoms with E-state index in [0.717, 1.165) is 50.2 Å². The van der Waals surface area contributed by atoms with Crippen molar-refractivity contribution in [2.24, 2.45) is 0 Å². The molecule has 0 amide bonds. The molecule has 0 heterocycles. The molecular formula is C31H45NO7. The molecule has 2 N–H and O–H groups in total. The molecule has 8 nitrogen and oxygen atoms in total. The SMILES string of the molecule is COC(=O)c1ccc(OC)c(N(C/C=C(\C)CCC=C(C)C)C/C=C(\C)CCC=C(C)C)c1.O=C(O)C(=O)O. The number of methoxy groups -OCH3 is 2. The Morgan fingerprint density at radius 2 is 1.23 bits per heavy atom. The van der Waals surface area contributed by atoms with Gasteiger partial charge in [-0.3, -0.25) is 0 Å². The third-order valence-corrected chi connectivity index (χ3v) is 5.63. The van der Waals surface area contributed by atoms with Gasteiger partial charge in [-0.2, -0.15) is 0 Å². The number of carbonyl (C=O) groups is 3. The predicted octanol–water partition coefficient (Wildman–Crippen LogP) is 6.83. The number of anilines is 1. The highest BCUT2D eigenvalue weighted by molar-refractivity contribution is 6.27. The van der Waals surface area contributed by atoms with Gasteiger partial charge < -0.3 is 24.6 Å². The number of esters is 1. The third-order valence-electron chi connectivity index (χ3n) is 5.63. The van der Waals surface area contributed by atoms with Gasteiger partial charge in [0.15, 0.2) is 0 Å². The van der Waals surface area contributed by atoms with Crippen molar-refractivity contribution in [3.05, 3.63) is 70.4 Å². The zero-order valence-corrected chi connectivity index (χ0v) is 24.7. The van der Waals surface area contributed by atoms with Gasteiger partial charge in [-0.25, -0.2) is 14.4 Å². The fourth-order valence-electron chi connectivity index (χ4n) is 3.37. The molecule has 0 bridgehead atoms. The summed E-state index contributed by atoms with van der Waals surface area (Å²) in [5, 5.41) is 14.8. The fraction of sp³-hybridized carbons (Fsp3) is 0.452. The first-order valence-corrected chi connectivity index (χ1v) is 12.9. The minimum Gasteiger partial charge on any atom is -0.495 e. The van der Waals surface area contributed by atoms with Crippen LogP contribution in [-0.2, 0) is 14.3 Å². The third kappa shape index (κ3) is 15.9. The van der Waals surface area contributed by atoms with Crippen molar-refractivity contribution in [2.75, 3.05) is 32.2 Å². The van der Waals surface area contributed by atoms with Gasteiger partial charge in [0.05, 0.1) is 25.5 Å². The Kier molecular flexibility index (Phi) is 17.4. The lowest BCUT2D eigenvalue weighted by Gasteiger charge is -2.25. The van der Waals surface area contributed by atoms with Crippen molar-refractivity contribution < 1.29 is 34.1 Å². The van der Waals surface area contributed by atoms with Gasteiger partial charge in [0.1, 0.15) is 5.75 Å². The van der Waals surface area contributed by atoms with Crippen molar-refractivity contribution >= 4 is 23.6 Å². The summed E-state index contributed by atoms with van der Waals surface area (Å²) >= 11 is 0. The Bertz CT molecular complexity index is 1020. The molecule has 1 aromatic rings. The number of carboxylic acids is 2. The second-order valence-corrected chi connectivity index (χ2v) is 9.63. The Morgan fingerprint density at radius 1 is 0.769 bits per heavy atom. The van der Waals surface area contributed by atoms with Crippen LogP contribution in [-0.4, -0.2) is 55.4 Å². The fourth-order valence-corrected chi connectivity index (χ4v) is 3.37. The molecule has 1 rings (SSSR count). The highest BCUT2D eigenvalue weighted by Gasteiger charge is 2.15. The number of ether oxygens (including phenoxy) is 2. The zero-order valence-electron chi connectivity index (χ0n) is 24.7. The molecule has 39 heavy (non-hydrogen) atoms. The van der Waals surface area contributed by atoms with Crippen LogP contribution in [0.15, 0.2) is 64.8 Å². The molecular weight excluding hydrogens is 498 g/mol. The molecule has 8 heteroatoms. The largest absolute Gasteiger partial charge is 0.495 e. The van der Waals surface area contributed by atoms with E-state index < -0.39 is 11.9 Å². The van der Waals surface area contributed by atoms with E-state index in [9.17, 15) is 4.79 Å². The molecule has 0 aliphatic carbocycles. The lowest BCUT2D eigenvalue weighted by atomic mass is 10.1. The van der Waals surface area contributed by atoms with E-state index in [1.54, 1.807) is 13.2 Å². The average molecular weight is 544 g/mol. The minimum atomic E-state index is -1.82. The molecule has 0 atom stereocenters. The van der Waals surface area contributed by atoms with Crippen LogP contribution < -0.4 is 9.64 Å². The summed E-state index contributed by atoms with van der Waals surface area (Å²) in [6.07, 6.45) is 13.3. The zero-order chi connectivity index (χ0) is 30.0. The van der Waals surface area contributed by atoms with Gasteiger partial charge in [0.2, 0.25) is 0 Å². The Morgan fingerprint density at radius 3 is 1.59 bits per heavy atom. The van der Waals surface area contributed by atoms with Crippen LogP contribution in [0.5, 0.6) is 5.75 Å². The number of allylic oxidation sites excluding steroid dienone is 6. The summed E-state index contributed by atoms with van der Waals surface area (Å²) in [6, 6.07) is 5.45. The van der Waals surface area contributed by atoms with Crippen LogP contribution in [0.3, 0.4) is 0 Å². The van der Waals surface area contributed by atoms with Crippen molar-refractivity contribution in [3.63, 3.8) is 0 Å². The lowest BCUT2D eigenvalue weighted by molar-refractivity contribution is -0.159. The normalized spacial score (nSPS) is 11.0. The first-order chi connectivity index (χ1) is 18.3. The van der Waals surface area contributed by atoms with Gasteiger partial charge in [0.25, 0.3) is 0 Å². The highest BCUT2D eigenvalue weighted by atomic mass is 16.5. The monoisotopic (exact) mass is 543 g/mol. The first kappa shape index (κ1) is 35.2. The predicted molar refractivity (Wildman–Crippen MR) is 157 cm³/mol. The van der Waals surface area contributed by atoms with Crippen LogP contribution in [0.1, 0.15) is 77.6 Å². The van der Waals surface area contributed by atoms with Crippen LogP contribution in [0.2, 0.25) is 0 Å². The molecule has 0 aliphatic heterocycles. The second-order valence-electron chi connectivity index (χ2n) is 9.63. The first-order valence-electron chi connectivity index (χ1n) is 12.9. The highest BCUT2D eigenvalue weighted by Crippen LogP contribution is 2.30. The van der Waals surface area contributed by atoms with E-state index in [2.05, 4.69) is 70.7 Å². The number of nitrogens with zero attached hydrogens (tertiary/aromatic N) is 1. The molecule has 0 fully saturated rings. The molecule has 0 radical (unpaired) electrons.